The summed E-state index contributed by atoms with van der Waals surface area (Å²) >= 11 is 0. The van der Waals surface area contributed by atoms with E-state index in [9.17, 15) is 24.3 Å². The van der Waals surface area contributed by atoms with Crippen molar-refractivity contribution in [2.75, 3.05) is 6.61 Å². The third kappa shape index (κ3) is 8.26. The van der Waals surface area contributed by atoms with Crippen LogP contribution in [0.5, 0.6) is 0 Å². The average molecular weight is 375 g/mol. The molecule has 0 aromatic rings. The highest BCUT2D eigenvalue weighted by Crippen LogP contribution is 2.16. The maximum absolute atomic E-state index is 12.4. The molecule has 6 N–H and O–H groups in total. The molecule has 0 rings (SSSR count). The van der Waals surface area contributed by atoms with E-state index in [1.165, 1.54) is 5.48 Å². The molecule has 0 spiro atoms. The van der Waals surface area contributed by atoms with Crippen LogP contribution in [0.4, 0.5) is 0 Å². The lowest BCUT2D eigenvalue weighted by molar-refractivity contribution is -0.144. The summed E-state index contributed by atoms with van der Waals surface area (Å²) in [5, 5.41) is 31.7. The smallest absolute Gasteiger partial charge is 0.326 e. The Balaban J connectivity index is 5.07. The maximum Gasteiger partial charge on any atom is 0.326 e. The van der Waals surface area contributed by atoms with Crippen molar-refractivity contribution in [3.05, 3.63) is 0 Å². The molecule has 3 atom stereocenters. The van der Waals surface area contributed by atoms with Crippen LogP contribution in [0.1, 0.15) is 40.5 Å². The van der Waals surface area contributed by atoms with E-state index in [1.807, 2.05) is 13.8 Å². The van der Waals surface area contributed by atoms with E-state index in [-0.39, 0.29) is 12.3 Å². The molecule has 0 aliphatic heterocycles. The van der Waals surface area contributed by atoms with Gasteiger partial charge < -0.3 is 20.8 Å². The Bertz CT molecular complexity index is 508. The maximum atomic E-state index is 12.4. The van der Waals surface area contributed by atoms with Crippen LogP contribution in [-0.2, 0) is 19.2 Å². The lowest BCUT2D eigenvalue weighted by Gasteiger charge is -2.24. The Morgan fingerprint density at radius 3 is 1.92 bits per heavy atom. The average Bonchev–Trinajstić information content (AvgIpc) is 2.55. The largest absolute Gasteiger partial charge is 0.480 e. The molecule has 0 aliphatic carbocycles. The molecule has 0 fully saturated rings. The number of hydrogen-bond acceptors (Lipinski definition) is 6. The van der Waals surface area contributed by atoms with Gasteiger partial charge in [-0.1, -0.05) is 27.7 Å². The fraction of sp³-hybridized carbons (Fsp3) is 0.750. The Labute approximate surface area is 152 Å². The van der Waals surface area contributed by atoms with Gasteiger partial charge in [-0.2, -0.15) is 0 Å². The third-order valence-corrected chi connectivity index (χ3v) is 3.73. The van der Waals surface area contributed by atoms with Crippen molar-refractivity contribution in [1.29, 1.82) is 0 Å². The Morgan fingerprint density at radius 1 is 0.962 bits per heavy atom. The molecule has 150 valence electrons. The molecule has 0 bridgehead atoms. The highest BCUT2D eigenvalue weighted by atomic mass is 16.5. The quantitative estimate of drug-likeness (QED) is 0.204. The standard InChI is InChI=1S/C16H29N3O7/c1-8(2)5-10(6-12(21)19-26)14(22)17-11(7-20)15(23)18-13(9(3)4)16(24)25/h8-11,13,20,26H,5-7H2,1-4H3,(H,17,22)(H,18,23)(H,19,21)(H,24,25). The number of aliphatic carboxylic acids is 1. The summed E-state index contributed by atoms with van der Waals surface area (Å²) < 4.78 is 0. The SMILES string of the molecule is CC(C)CC(CC(=O)NO)C(=O)NC(CO)C(=O)NC(C(=O)O)C(C)C. The minimum absolute atomic E-state index is 0.0657. The van der Waals surface area contributed by atoms with Crippen molar-refractivity contribution in [1.82, 2.24) is 16.1 Å². The van der Waals surface area contributed by atoms with Crippen molar-refractivity contribution in [2.24, 2.45) is 17.8 Å². The molecule has 0 aliphatic rings. The van der Waals surface area contributed by atoms with Gasteiger partial charge >= 0.3 is 5.97 Å². The molecule has 0 heterocycles. The van der Waals surface area contributed by atoms with Gasteiger partial charge in [0.25, 0.3) is 0 Å². The van der Waals surface area contributed by atoms with E-state index in [2.05, 4.69) is 10.6 Å². The van der Waals surface area contributed by atoms with Crippen LogP contribution < -0.4 is 16.1 Å². The number of rotatable bonds is 11. The zero-order valence-electron chi connectivity index (χ0n) is 15.5. The number of carboxylic acid groups (broad SMARTS) is 1. The van der Waals surface area contributed by atoms with Gasteiger partial charge in [-0.05, 0) is 18.3 Å². The zero-order chi connectivity index (χ0) is 20.4. The molecule has 26 heavy (non-hydrogen) atoms. The second-order valence-corrected chi connectivity index (χ2v) is 6.88. The first-order chi connectivity index (χ1) is 12.0. The molecule has 0 aromatic heterocycles. The third-order valence-electron chi connectivity index (χ3n) is 3.73. The van der Waals surface area contributed by atoms with Gasteiger partial charge in [-0.15, -0.1) is 0 Å². The number of nitrogens with one attached hydrogen (secondary N) is 3. The molecular formula is C16H29N3O7. The van der Waals surface area contributed by atoms with E-state index in [0.717, 1.165) is 0 Å². The first-order valence-corrected chi connectivity index (χ1v) is 8.40. The summed E-state index contributed by atoms with van der Waals surface area (Å²) in [4.78, 5) is 47.1. The highest BCUT2D eigenvalue weighted by molar-refractivity contribution is 5.92. The lowest BCUT2D eigenvalue weighted by atomic mass is 9.92. The number of carbonyl (C=O) groups excluding carboxylic acids is 3. The molecule has 10 nitrogen and oxygen atoms in total. The molecule has 0 aromatic carbocycles. The summed E-state index contributed by atoms with van der Waals surface area (Å²) in [5.41, 5.74) is 1.45. The normalized spacial score (nSPS) is 14.5. The number of amides is 3. The Kier molecular flexibility index (Phi) is 10.5. The number of aliphatic hydroxyl groups is 1. The summed E-state index contributed by atoms with van der Waals surface area (Å²) in [5.74, 6) is -4.60. The summed E-state index contributed by atoms with van der Waals surface area (Å²) in [6, 6.07) is -2.52. The Hall–Kier alpha value is -2.20. The molecule has 0 saturated carbocycles. The Morgan fingerprint density at radius 2 is 1.54 bits per heavy atom. The molecule has 0 saturated heterocycles. The van der Waals surface area contributed by atoms with Gasteiger partial charge in [0.1, 0.15) is 12.1 Å². The minimum Gasteiger partial charge on any atom is -0.480 e. The molecule has 0 radical (unpaired) electrons. The van der Waals surface area contributed by atoms with E-state index < -0.39 is 54.2 Å². The summed E-state index contributed by atoms with van der Waals surface area (Å²) in [7, 11) is 0. The van der Waals surface area contributed by atoms with Crippen LogP contribution in [-0.4, -0.2) is 57.8 Å². The summed E-state index contributed by atoms with van der Waals surface area (Å²) in [6.45, 7) is 6.17. The van der Waals surface area contributed by atoms with Crippen LogP contribution in [0.25, 0.3) is 0 Å². The second kappa shape index (κ2) is 11.4. The zero-order valence-corrected chi connectivity index (χ0v) is 15.5. The van der Waals surface area contributed by atoms with Gasteiger partial charge in [0.15, 0.2) is 0 Å². The van der Waals surface area contributed by atoms with Crippen LogP contribution >= 0.6 is 0 Å². The monoisotopic (exact) mass is 375 g/mol. The fourth-order valence-corrected chi connectivity index (χ4v) is 2.37. The topological polar surface area (TPSA) is 165 Å². The molecule has 3 unspecified atom stereocenters. The number of carbonyl (C=O) groups is 4. The van der Waals surface area contributed by atoms with E-state index >= 15 is 0 Å². The van der Waals surface area contributed by atoms with Crippen LogP contribution in [0.15, 0.2) is 0 Å². The van der Waals surface area contributed by atoms with Crippen molar-refractivity contribution in [2.45, 2.75) is 52.6 Å². The van der Waals surface area contributed by atoms with Crippen molar-refractivity contribution in [3.63, 3.8) is 0 Å². The second-order valence-electron chi connectivity index (χ2n) is 6.88. The van der Waals surface area contributed by atoms with Gasteiger partial charge in [-0.25, -0.2) is 10.3 Å². The van der Waals surface area contributed by atoms with Gasteiger partial charge in [-0.3, -0.25) is 19.6 Å². The molecule has 10 heteroatoms. The van der Waals surface area contributed by atoms with Crippen LogP contribution in [0.2, 0.25) is 0 Å². The fourth-order valence-electron chi connectivity index (χ4n) is 2.37. The van der Waals surface area contributed by atoms with Gasteiger partial charge in [0.05, 0.1) is 6.61 Å². The van der Waals surface area contributed by atoms with Crippen molar-refractivity contribution >= 4 is 23.7 Å². The van der Waals surface area contributed by atoms with E-state index in [0.29, 0.717) is 6.42 Å². The van der Waals surface area contributed by atoms with Crippen LogP contribution in [0, 0.1) is 17.8 Å². The number of carboxylic acids is 1. The van der Waals surface area contributed by atoms with Crippen molar-refractivity contribution < 1.29 is 34.6 Å². The molecule has 3 amide bonds. The minimum atomic E-state index is -1.35. The first-order valence-electron chi connectivity index (χ1n) is 8.40. The van der Waals surface area contributed by atoms with Crippen LogP contribution in [0.3, 0.4) is 0 Å². The van der Waals surface area contributed by atoms with E-state index in [4.69, 9.17) is 10.3 Å². The number of aliphatic hydroxyl groups excluding tert-OH is 1. The predicted octanol–water partition coefficient (Wildman–Crippen LogP) is -0.753. The molecular weight excluding hydrogens is 346 g/mol. The van der Waals surface area contributed by atoms with Gasteiger partial charge in [0, 0.05) is 12.3 Å². The highest BCUT2D eigenvalue weighted by Gasteiger charge is 2.30. The lowest BCUT2D eigenvalue weighted by Crippen LogP contribution is -2.55. The van der Waals surface area contributed by atoms with E-state index in [1.54, 1.807) is 13.8 Å². The predicted molar refractivity (Wildman–Crippen MR) is 90.9 cm³/mol. The first kappa shape index (κ1) is 23.8. The van der Waals surface area contributed by atoms with Gasteiger partial charge in [0.2, 0.25) is 17.7 Å². The summed E-state index contributed by atoms with van der Waals surface area (Å²) in [6.07, 6.45) is 0.0345. The number of hydrogen-bond donors (Lipinski definition) is 6. The number of hydroxylamine groups is 1. The van der Waals surface area contributed by atoms with Crippen molar-refractivity contribution in [3.8, 4) is 0 Å².